The molecule has 102 valence electrons. The minimum atomic E-state index is 0.983. The molecule has 0 bridgehead atoms. The molecule has 0 aliphatic carbocycles. The van der Waals surface area contributed by atoms with E-state index in [9.17, 15) is 0 Å². The second kappa shape index (κ2) is 8.10. The maximum absolute atomic E-state index is 2.71. The van der Waals surface area contributed by atoms with Gasteiger partial charge in [0.05, 0.1) is 0 Å². The van der Waals surface area contributed by atoms with E-state index in [4.69, 9.17) is 0 Å². The van der Waals surface area contributed by atoms with Gasteiger partial charge in [0.25, 0.3) is 0 Å². The first kappa shape index (κ1) is 15.0. The van der Waals surface area contributed by atoms with Crippen molar-refractivity contribution < 1.29 is 0 Å². The number of nitrogens with zero attached hydrogens (tertiary/aromatic N) is 2. The van der Waals surface area contributed by atoms with Gasteiger partial charge in [-0.15, -0.1) is 0 Å². The smallest absolute Gasteiger partial charge is 0.00107 e. The summed E-state index contributed by atoms with van der Waals surface area (Å²) < 4.78 is 0. The zero-order chi connectivity index (χ0) is 12.7. The van der Waals surface area contributed by atoms with E-state index in [0.717, 1.165) is 11.8 Å². The third-order valence-corrected chi connectivity index (χ3v) is 4.30. The van der Waals surface area contributed by atoms with Gasteiger partial charge in [0.2, 0.25) is 0 Å². The van der Waals surface area contributed by atoms with E-state index in [0.29, 0.717) is 0 Å². The van der Waals surface area contributed by atoms with Crippen LogP contribution in [-0.4, -0.2) is 49.6 Å². The van der Waals surface area contributed by atoms with Crippen LogP contribution in [0.25, 0.3) is 0 Å². The first-order chi connectivity index (χ1) is 8.28. The highest BCUT2D eigenvalue weighted by Gasteiger charge is 2.24. The van der Waals surface area contributed by atoms with Crippen LogP contribution in [0.1, 0.15) is 46.5 Å². The molecule has 0 amide bonds. The van der Waals surface area contributed by atoms with Crippen LogP contribution in [0.5, 0.6) is 0 Å². The van der Waals surface area contributed by atoms with Gasteiger partial charge in [-0.2, -0.15) is 0 Å². The molecule has 2 aliphatic heterocycles. The minimum absolute atomic E-state index is 0.983. The van der Waals surface area contributed by atoms with Crippen LogP contribution in [0, 0.1) is 11.8 Å². The van der Waals surface area contributed by atoms with Gasteiger partial charge in [0.1, 0.15) is 0 Å². The van der Waals surface area contributed by atoms with Crippen molar-refractivity contribution in [3.05, 3.63) is 0 Å². The van der Waals surface area contributed by atoms with Crippen molar-refractivity contribution in [1.82, 2.24) is 9.80 Å². The largest absolute Gasteiger partial charge is 0.306 e. The summed E-state index contributed by atoms with van der Waals surface area (Å²) >= 11 is 0. The summed E-state index contributed by atoms with van der Waals surface area (Å²) in [5.41, 5.74) is 0. The molecule has 2 heteroatoms. The molecule has 0 aromatic heterocycles. The van der Waals surface area contributed by atoms with E-state index in [1.165, 1.54) is 58.4 Å². The normalized spacial score (nSPS) is 27.9. The van der Waals surface area contributed by atoms with Crippen molar-refractivity contribution in [3.8, 4) is 0 Å². The highest BCUT2D eigenvalue weighted by Crippen LogP contribution is 2.23. The lowest BCUT2D eigenvalue weighted by Crippen LogP contribution is -2.36. The fourth-order valence-corrected chi connectivity index (χ4v) is 3.02. The lowest BCUT2D eigenvalue weighted by Gasteiger charge is -2.31. The van der Waals surface area contributed by atoms with Crippen LogP contribution in [0.2, 0.25) is 0 Å². The molecule has 1 atom stereocenters. The van der Waals surface area contributed by atoms with Gasteiger partial charge in [-0.3, -0.25) is 0 Å². The van der Waals surface area contributed by atoms with Gasteiger partial charge < -0.3 is 9.80 Å². The monoisotopic (exact) mass is 240 g/mol. The molecule has 0 radical (unpaired) electrons. The quantitative estimate of drug-likeness (QED) is 0.748. The molecular formula is C15H32N2. The maximum Gasteiger partial charge on any atom is 0.00107 e. The Morgan fingerprint density at radius 2 is 1.53 bits per heavy atom. The van der Waals surface area contributed by atoms with E-state index in [1.54, 1.807) is 0 Å². The Bertz CT molecular complexity index is 185. The number of hydrogen-bond donors (Lipinski definition) is 0. The van der Waals surface area contributed by atoms with Crippen molar-refractivity contribution >= 4 is 0 Å². The van der Waals surface area contributed by atoms with Crippen LogP contribution < -0.4 is 0 Å². The molecule has 0 saturated carbocycles. The molecule has 0 aromatic carbocycles. The standard InChI is InChI=1S/C13H26N2.C2H6/c1-3-12-6-9-15(10-12)11-13-4-7-14(2)8-5-13;1-2/h12-13H,3-11H2,1-2H3;1-2H3. The van der Waals surface area contributed by atoms with Crippen molar-refractivity contribution in [2.75, 3.05) is 39.8 Å². The molecular weight excluding hydrogens is 208 g/mol. The Morgan fingerprint density at radius 1 is 0.941 bits per heavy atom. The Morgan fingerprint density at radius 3 is 2.06 bits per heavy atom. The summed E-state index contributed by atoms with van der Waals surface area (Å²) in [6.45, 7) is 13.1. The summed E-state index contributed by atoms with van der Waals surface area (Å²) in [5, 5.41) is 0. The molecule has 17 heavy (non-hydrogen) atoms. The molecule has 2 aliphatic rings. The van der Waals surface area contributed by atoms with E-state index < -0.39 is 0 Å². The average molecular weight is 240 g/mol. The summed E-state index contributed by atoms with van der Waals surface area (Å²) in [7, 11) is 2.25. The predicted molar refractivity (Wildman–Crippen MR) is 76.4 cm³/mol. The molecule has 1 unspecified atom stereocenters. The van der Waals surface area contributed by atoms with Crippen molar-refractivity contribution in [2.24, 2.45) is 11.8 Å². The third kappa shape index (κ3) is 4.97. The Balaban J connectivity index is 0.000000686. The first-order valence-electron chi connectivity index (χ1n) is 7.68. The molecule has 0 N–H and O–H groups in total. The van der Waals surface area contributed by atoms with Gasteiger partial charge in [0, 0.05) is 13.1 Å². The maximum atomic E-state index is 2.71. The molecule has 0 spiro atoms. The van der Waals surface area contributed by atoms with E-state index in [2.05, 4.69) is 23.8 Å². The van der Waals surface area contributed by atoms with E-state index in [-0.39, 0.29) is 0 Å². The fourth-order valence-electron chi connectivity index (χ4n) is 3.02. The number of likely N-dealkylation sites (tertiary alicyclic amines) is 2. The van der Waals surface area contributed by atoms with E-state index >= 15 is 0 Å². The Kier molecular flexibility index (Phi) is 7.14. The second-order valence-electron chi connectivity index (χ2n) is 5.57. The van der Waals surface area contributed by atoms with Crippen LogP contribution in [-0.2, 0) is 0 Å². The van der Waals surface area contributed by atoms with Gasteiger partial charge in [-0.1, -0.05) is 27.2 Å². The van der Waals surface area contributed by atoms with Crippen LogP contribution in [0.4, 0.5) is 0 Å². The molecule has 2 heterocycles. The summed E-state index contributed by atoms with van der Waals surface area (Å²) in [5.74, 6) is 1.98. The van der Waals surface area contributed by atoms with Crippen LogP contribution >= 0.6 is 0 Å². The van der Waals surface area contributed by atoms with Gasteiger partial charge in [-0.25, -0.2) is 0 Å². The number of rotatable bonds is 3. The molecule has 2 fully saturated rings. The summed E-state index contributed by atoms with van der Waals surface area (Å²) in [4.78, 5) is 5.18. The minimum Gasteiger partial charge on any atom is -0.306 e. The predicted octanol–water partition coefficient (Wildman–Crippen LogP) is 3.09. The summed E-state index contributed by atoms with van der Waals surface area (Å²) in [6.07, 6.45) is 5.67. The lowest BCUT2D eigenvalue weighted by molar-refractivity contribution is 0.173. The van der Waals surface area contributed by atoms with Crippen molar-refractivity contribution in [1.29, 1.82) is 0 Å². The number of piperidine rings is 1. The molecule has 2 saturated heterocycles. The van der Waals surface area contributed by atoms with Crippen LogP contribution in [0.15, 0.2) is 0 Å². The Hall–Kier alpha value is -0.0800. The highest BCUT2D eigenvalue weighted by molar-refractivity contribution is 4.79. The zero-order valence-corrected chi connectivity index (χ0v) is 12.4. The first-order valence-corrected chi connectivity index (χ1v) is 7.68. The van der Waals surface area contributed by atoms with Gasteiger partial charge in [-0.05, 0) is 57.8 Å². The zero-order valence-electron chi connectivity index (χ0n) is 12.4. The fraction of sp³-hybridized carbons (Fsp3) is 1.00. The van der Waals surface area contributed by atoms with E-state index in [1.807, 2.05) is 13.8 Å². The molecule has 2 rings (SSSR count). The third-order valence-electron chi connectivity index (χ3n) is 4.30. The topological polar surface area (TPSA) is 6.48 Å². The van der Waals surface area contributed by atoms with Gasteiger partial charge in [0.15, 0.2) is 0 Å². The van der Waals surface area contributed by atoms with Gasteiger partial charge >= 0.3 is 0 Å². The van der Waals surface area contributed by atoms with Crippen LogP contribution in [0.3, 0.4) is 0 Å². The SMILES string of the molecule is CC.CCC1CCN(CC2CCN(C)CC2)C1. The molecule has 0 aromatic rings. The lowest BCUT2D eigenvalue weighted by atomic mass is 9.96. The number of hydrogen-bond acceptors (Lipinski definition) is 2. The highest BCUT2D eigenvalue weighted by atomic mass is 15.2. The summed E-state index contributed by atoms with van der Waals surface area (Å²) in [6, 6.07) is 0. The second-order valence-corrected chi connectivity index (χ2v) is 5.57. The molecule has 2 nitrogen and oxygen atoms in total. The van der Waals surface area contributed by atoms with Crippen molar-refractivity contribution in [2.45, 2.75) is 46.5 Å². The average Bonchev–Trinajstić information content (AvgIpc) is 2.82. The Labute approximate surface area is 108 Å². The van der Waals surface area contributed by atoms with Crippen molar-refractivity contribution in [3.63, 3.8) is 0 Å².